The number of rotatable bonds is 1. The molecule has 0 atom stereocenters. The molecule has 4 nitrogen and oxygen atoms in total. The molecule has 0 aliphatic carbocycles. The number of aromatic nitrogens is 3. The molecule has 0 aliphatic heterocycles. The number of hydrogen-bond acceptors (Lipinski definition) is 4. The van der Waals surface area contributed by atoms with Crippen molar-refractivity contribution in [1.29, 1.82) is 0 Å². The highest BCUT2D eigenvalue weighted by Crippen LogP contribution is 2.25. The third-order valence-corrected chi connectivity index (χ3v) is 2.73. The standard InChI is InChI=1S/C12H14ClN3O/c1-7-9(13)5-8(6-14-7)10-15-11(17-16-10)12(2,3)4/h5-6H,1-4H3. The van der Waals surface area contributed by atoms with Gasteiger partial charge in [0.15, 0.2) is 0 Å². The van der Waals surface area contributed by atoms with Gasteiger partial charge in [0.05, 0.1) is 10.7 Å². The van der Waals surface area contributed by atoms with Gasteiger partial charge in [-0.05, 0) is 13.0 Å². The Morgan fingerprint density at radius 2 is 2.00 bits per heavy atom. The van der Waals surface area contributed by atoms with E-state index >= 15 is 0 Å². The van der Waals surface area contributed by atoms with E-state index in [9.17, 15) is 0 Å². The van der Waals surface area contributed by atoms with Crippen LogP contribution in [0, 0.1) is 6.92 Å². The second kappa shape index (κ2) is 4.11. The highest BCUT2D eigenvalue weighted by Gasteiger charge is 2.22. The van der Waals surface area contributed by atoms with Gasteiger partial charge < -0.3 is 4.52 Å². The predicted molar refractivity (Wildman–Crippen MR) is 66.0 cm³/mol. The van der Waals surface area contributed by atoms with Gasteiger partial charge in [-0.1, -0.05) is 37.5 Å². The lowest BCUT2D eigenvalue weighted by Gasteiger charge is -2.10. The summed E-state index contributed by atoms with van der Waals surface area (Å²) in [7, 11) is 0. The molecule has 0 saturated heterocycles. The monoisotopic (exact) mass is 251 g/mol. The van der Waals surface area contributed by atoms with Crippen LogP contribution in [0.2, 0.25) is 5.02 Å². The first-order valence-corrected chi connectivity index (χ1v) is 5.72. The Labute approximate surface area is 105 Å². The van der Waals surface area contributed by atoms with Gasteiger partial charge in [0.1, 0.15) is 0 Å². The van der Waals surface area contributed by atoms with Crippen LogP contribution in [0.25, 0.3) is 11.4 Å². The molecule has 0 fully saturated rings. The van der Waals surface area contributed by atoms with Gasteiger partial charge in [0, 0.05) is 17.2 Å². The average molecular weight is 252 g/mol. The zero-order valence-corrected chi connectivity index (χ0v) is 11.0. The first-order chi connectivity index (χ1) is 7.88. The highest BCUT2D eigenvalue weighted by molar-refractivity contribution is 6.31. The van der Waals surface area contributed by atoms with Crippen molar-refractivity contribution in [3.8, 4) is 11.4 Å². The maximum Gasteiger partial charge on any atom is 0.232 e. The van der Waals surface area contributed by atoms with Crippen LogP contribution in [0.15, 0.2) is 16.8 Å². The molecule has 2 aromatic rings. The van der Waals surface area contributed by atoms with E-state index in [1.807, 2.05) is 27.7 Å². The molecule has 0 unspecified atom stereocenters. The molecular formula is C12H14ClN3O. The van der Waals surface area contributed by atoms with E-state index in [0.29, 0.717) is 16.7 Å². The number of hydrogen-bond donors (Lipinski definition) is 0. The Balaban J connectivity index is 2.40. The summed E-state index contributed by atoms with van der Waals surface area (Å²) in [6.07, 6.45) is 1.69. The summed E-state index contributed by atoms with van der Waals surface area (Å²) >= 11 is 6.01. The largest absolute Gasteiger partial charge is 0.338 e. The molecule has 0 saturated carbocycles. The Morgan fingerprint density at radius 3 is 2.53 bits per heavy atom. The molecule has 5 heteroatoms. The number of aryl methyl sites for hydroxylation is 1. The van der Waals surface area contributed by atoms with Crippen molar-refractivity contribution in [2.24, 2.45) is 0 Å². The van der Waals surface area contributed by atoms with E-state index in [4.69, 9.17) is 16.1 Å². The Hall–Kier alpha value is -1.42. The fraction of sp³-hybridized carbons (Fsp3) is 0.417. The van der Waals surface area contributed by atoms with Crippen molar-refractivity contribution < 1.29 is 4.52 Å². The van der Waals surface area contributed by atoms with Crippen LogP contribution in [0.4, 0.5) is 0 Å². The van der Waals surface area contributed by atoms with Gasteiger partial charge in [0.2, 0.25) is 11.7 Å². The van der Waals surface area contributed by atoms with E-state index in [-0.39, 0.29) is 5.41 Å². The maximum atomic E-state index is 6.01. The summed E-state index contributed by atoms with van der Waals surface area (Å²) in [5.74, 6) is 1.12. The van der Waals surface area contributed by atoms with Crippen LogP contribution in [0.3, 0.4) is 0 Å². The molecule has 2 aromatic heterocycles. The van der Waals surface area contributed by atoms with E-state index in [0.717, 1.165) is 11.3 Å². The molecule has 0 N–H and O–H groups in total. The maximum absolute atomic E-state index is 6.01. The molecular weight excluding hydrogens is 238 g/mol. The van der Waals surface area contributed by atoms with Crippen LogP contribution in [0.5, 0.6) is 0 Å². The number of halogens is 1. The molecule has 0 spiro atoms. The molecule has 2 rings (SSSR count). The molecule has 0 amide bonds. The summed E-state index contributed by atoms with van der Waals surface area (Å²) in [6, 6.07) is 1.79. The molecule has 0 radical (unpaired) electrons. The molecule has 2 heterocycles. The topological polar surface area (TPSA) is 51.8 Å². The van der Waals surface area contributed by atoms with E-state index in [1.54, 1.807) is 12.3 Å². The third-order valence-electron chi connectivity index (χ3n) is 2.35. The zero-order chi connectivity index (χ0) is 12.6. The molecule has 0 bridgehead atoms. The van der Waals surface area contributed by atoms with E-state index in [2.05, 4.69) is 15.1 Å². The van der Waals surface area contributed by atoms with Crippen LogP contribution < -0.4 is 0 Å². The summed E-state index contributed by atoms with van der Waals surface area (Å²) < 4.78 is 5.22. The summed E-state index contributed by atoms with van der Waals surface area (Å²) in [5, 5.41) is 4.54. The van der Waals surface area contributed by atoms with E-state index < -0.39 is 0 Å². The summed E-state index contributed by atoms with van der Waals surface area (Å²) in [6.45, 7) is 7.91. The highest BCUT2D eigenvalue weighted by atomic mass is 35.5. The summed E-state index contributed by atoms with van der Waals surface area (Å²) in [4.78, 5) is 8.52. The summed E-state index contributed by atoms with van der Waals surface area (Å²) in [5.41, 5.74) is 1.39. The minimum absolute atomic E-state index is 0.160. The van der Waals surface area contributed by atoms with Crippen LogP contribution in [0.1, 0.15) is 32.4 Å². The minimum atomic E-state index is -0.160. The first-order valence-electron chi connectivity index (χ1n) is 5.34. The smallest absolute Gasteiger partial charge is 0.232 e. The average Bonchev–Trinajstić information content (AvgIpc) is 2.70. The second-order valence-corrected chi connectivity index (χ2v) is 5.37. The van der Waals surface area contributed by atoms with Gasteiger partial charge in [-0.2, -0.15) is 4.98 Å². The number of pyridine rings is 1. The van der Waals surface area contributed by atoms with Gasteiger partial charge in [-0.25, -0.2) is 0 Å². The third kappa shape index (κ3) is 2.47. The fourth-order valence-electron chi connectivity index (χ4n) is 1.27. The number of nitrogens with zero attached hydrogens (tertiary/aromatic N) is 3. The van der Waals surface area contributed by atoms with E-state index in [1.165, 1.54) is 0 Å². The zero-order valence-electron chi connectivity index (χ0n) is 10.3. The molecule has 0 aromatic carbocycles. The van der Waals surface area contributed by atoms with Crippen LogP contribution >= 0.6 is 11.6 Å². The lowest BCUT2D eigenvalue weighted by molar-refractivity contribution is 0.321. The first kappa shape index (κ1) is 12.0. The van der Waals surface area contributed by atoms with Gasteiger partial charge in [-0.3, -0.25) is 4.98 Å². The van der Waals surface area contributed by atoms with Crippen molar-refractivity contribution in [2.75, 3.05) is 0 Å². The van der Waals surface area contributed by atoms with Gasteiger partial charge in [-0.15, -0.1) is 0 Å². The Bertz CT molecular complexity index is 543. The minimum Gasteiger partial charge on any atom is -0.338 e. The van der Waals surface area contributed by atoms with Gasteiger partial charge in [0.25, 0.3) is 0 Å². The molecule has 17 heavy (non-hydrogen) atoms. The molecule has 90 valence electrons. The van der Waals surface area contributed by atoms with Crippen LogP contribution in [-0.4, -0.2) is 15.1 Å². The predicted octanol–water partition coefficient (Wildman–Crippen LogP) is 3.39. The van der Waals surface area contributed by atoms with Crippen molar-refractivity contribution in [2.45, 2.75) is 33.1 Å². The Kier molecular flexibility index (Phi) is 2.91. The van der Waals surface area contributed by atoms with Crippen LogP contribution in [-0.2, 0) is 5.41 Å². The lowest BCUT2D eigenvalue weighted by atomic mass is 9.97. The molecule has 0 aliphatic rings. The van der Waals surface area contributed by atoms with Gasteiger partial charge >= 0.3 is 0 Å². The van der Waals surface area contributed by atoms with Crippen molar-refractivity contribution >= 4 is 11.6 Å². The van der Waals surface area contributed by atoms with Crippen molar-refractivity contribution in [3.05, 3.63) is 28.9 Å². The fourth-order valence-corrected chi connectivity index (χ4v) is 1.44. The Morgan fingerprint density at radius 1 is 1.29 bits per heavy atom. The quantitative estimate of drug-likeness (QED) is 0.780. The SMILES string of the molecule is Cc1ncc(-c2noc(C(C)(C)C)n2)cc1Cl. The van der Waals surface area contributed by atoms with Crippen molar-refractivity contribution in [3.63, 3.8) is 0 Å². The normalized spacial score (nSPS) is 11.8. The van der Waals surface area contributed by atoms with Crippen molar-refractivity contribution in [1.82, 2.24) is 15.1 Å². The lowest BCUT2D eigenvalue weighted by Crippen LogP contribution is -2.11. The second-order valence-electron chi connectivity index (χ2n) is 4.96.